The molecule has 1 aromatic heterocycles. The number of halogens is 1. The molecule has 1 fully saturated rings. The first-order chi connectivity index (χ1) is 16.4. The van der Waals surface area contributed by atoms with Crippen molar-refractivity contribution in [3.8, 4) is 11.5 Å². The topological polar surface area (TPSA) is 97.7 Å². The van der Waals surface area contributed by atoms with Gasteiger partial charge in [-0.05, 0) is 38.0 Å². The number of rotatable bonds is 6. The van der Waals surface area contributed by atoms with Gasteiger partial charge in [-0.25, -0.2) is 9.78 Å². The molecular weight excluding hydrogens is 458 g/mol. The predicted molar refractivity (Wildman–Crippen MR) is 134 cm³/mol. The van der Waals surface area contributed by atoms with Gasteiger partial charge < -0.3 is 29.6 Å². The van der Waals surface area contributed by atoms with Crippen LogP contribution in [0.1, 0.15) is 19.8 Å². The Morgan fingerprint density at radius 3 is 2.53 bits per heavy atom. The standard InChI is InChI=1S/C24H28ClN5O4/c1-4-30-19-8-6-5-7-17(19)27-22(23(30)31)29-11-9-15(10-12-29)26-24(32)28-18-13-16(25)20(33-2)14-21(18)34-3/h5-8,13-15H,4,9-12H2,1-3H3,(H2,26,28,32). The van der Waals surface area contributed by atoms with Crippen molar-refractivity contribution in [1.29, 1.82) is 0 Å². The van der Waals surface area contributed by atoms with Gasteiger partial charge in [-0.1, -0.05) is 23.7 Å². The van der Waals surface area contributed by atoms with Gasteiger partial charge in [-0.2, -0.15) is 0 Å². The SMILES string of the molecule is CCn1c(=O)c(N2CCC(NC(=O)Nc3cc(Cl)c(OC)cc3OC)CC2)nc2ccccc21. The number of piperidine rings is 1. The number of carbonyl (C=O) groups excluding carboxylic acids is 1. The summed E-state index contributed by atoms with van der Waals surface area (Å²) in [6.07, 6.45) is 1.38. The number of benzene rings is 2. The smallest absolute Gasteiger partial charge is 0.319 e. The number of urea groups is 1. The number of carbonyl (C=O) groups is 1. The number of methoxy groups -OCH3 is 2. The van der Waals surface area contributed by atoms with Gasteiger partial charge in [0.2, 0.25) is 0 Å². The average molecular weight is 486 g/mol. The van der Waals surface area contributed by atoms with Crippen LogP contribution in [-0.4, -0.2) is 48.9 Å². The summed E-state index contributed by atoms with van der Waals surface area (Å²) < 4.78 is 12.3. The van der Waals surface area contributed by atoms with Crippen LogP contribution in [0.3, 0.4) is 0 Å². The zero-order chi connectivity index (χ0) is 24.2. The van der Waals surface area contributed by atoms with Gasteiger partial charge in [0.15, 0.2) is 5.82 Å². The lowest BCUT2D eigenvalue weighted by Crippen LogP contribution is -2.47. The molecule has 2 aromatic carbocycles. The van der Waals surface area contributed by atoms with Gasteiger partial charge in [-0.3, -0.25) is 4.79 Å². The van der Waals surface area contributed by atoms with Gasteiger partial charge >= 0.3 is 6.03 Å². The Morgan fingerprint density at radius 2 is 1.85 bits per heavy atom. The third-order valence-corrected chi connectivity index (χ3v) is 6.30. The summed E-state index contributed by atoms with van der Waals surface area (Å²) in [7, 11) is 3.02. The van der Waals surface area contributed by atoms with Gasteiger partial charge in [-0.15, -0.1) is 0 Å². The van der Waals surface area contributed by atoms with Crippen LogP contribution in [-0.2, 0) is 6.54 Å². The molecule has 34 heavy (non-hydrogen) atoms. The van der Waals surface area contributed by atoms with Gasteiger partial charge in [0.1, 0.15) is 11.5 Å². The van der Waals surface area contributed by atoms with Crippen molar-refractivity contribution in [3.05, 3.63) is 51.8 Å². The highest BCUT2D eigenvalue weighted by molar-refractivity contribution is 6.32. The number of nitrogens with zero attached hydrogens (tertiary/aromatic N) is 3. The van der Waals surface area contributed by atoms with Crippen molar-refractivity contribution < 1.29 is 14.3 Å². The number of nitrogens with one attached hydrogen (secondary N) is 2. The van der Waals surface area contributed by atoms with E-state index in [-0.39, 0.29) is 17.6 Å². The van der Waals surface area contributed by atoms with E-state index in [1.807, 2.05) is 36.1 Å². The second-order valence-corrected chi connectivity index (χ2v) is 8.43. The Balaban J connectivity index is 1.41. The first-order valence-corrected chi connectivity index (χ1v) is 11.6. The molecule has 0 spiro atoms. The summed E-state index contributed by atoms with van der Waals surface area (Å²) in [4.78, 5) is 32.3. The first kappa shape index (κ1) is 23.7. The highest BCUT2D eigenvalue weighted by Crippen LogP contribution is 2.35. The normalized spacial score (nSPS) is 14.2. The Bertz CT molecular complexity index is 1250. The number of hydrogen-bond donors (Lipinski definition) is 2. The molecule has 0 radical (unpaired) electrons. The van der Waals surface area contributed by atoms with Crippen LogP contribution in [0.25, 0.3) is 11.0 Å². The quantitative estimate of drug-likeness (QED) is 0.550. The van der Waals surface area contributed by atoms with E-state index in [9.17, 15) is 9.59 Å². The van der Waals surface area contributed by atoms with Crippen molar-refractivity contribution in [3.63, 3.8) is 0 Å². The lowest BCUT2D eigenvalue weighted by atomic mass is 10.1. The average Bonchev–Trinajstić information content (AvgIpc) is 2.84. The number of hydrogen-bond acceptors (Lipinski definition) is 6. The molecule has 0 saturated carbocycles. The van der Waals surface area contributed by atoms with Gasteiger partial charge in [0.05, 0.1) is 36.0 Å². The second kappa shape index (κ2) is 10.2. The van der Waals surface area contributed by atoms with E-state index in [1.54, 1.807) is 16.7 Å². The number of ether oxygens (including phenoxy) is 2. The molecule has 0 aliphatic carbocycles. The number of aryl methyl sites for hydroxylation is 1. The molecule has 10 heteroatoms. The van der Waals surface area contributed by atoms with Crippen molar-refractivity contribution >= 4 is 40.2 Å². The fourth-order valence-corrected chi connectivity index (χ4v) is 4.48. The van der Waals surface area contributed by atoms with Crippen molar-refractivity contribution in [2.24, 2.45) is 0 Å². The number of para-hydroxylation sites is 2. The Morgan fingerprint density at radius 1 is 1.15 bits per heavy atom. The minimum Gasteiger partial charge on any atom is -0.495 e. The molecule has 2 heterocycles. The monoisotopic (exact) mass is 485 g/mol. The lowest BCUT2D eigenvalue weighted by Gasteiger charge is -2.33. The molecule has 0 unspecified atom stereocenters. The molecular formula is C24H28ClN5O4. The third kappa shape index (κ3) is 4.75. The zero-order valence-corrected chi connectivity index (χ0v) is 20.2. The minimum absolute atomic E-state index is 0.0372. The maximum Gasteiger partial charge on any atom is 0.319 e. The van der Waals surface area contributed by atoms with Gasteiger partial charge in [0.25, 0.3) is 5.56 Å². The molecule has 3 aromatic rings. The van der Waals surface area contributed by atoms with Crippen molar-refractivity contribution in [2.75, 3.05) is 37.5 Å². The van der Waals surface area contributed by atoms with E-state index in [1.165, 1.54) is 14.2 Å². The van der Waals surface area contributed by atoms with Crippen LogP contribution >= 0.6 is 11.6 Å². The van der Waals surface area contributed by atoms with Crippen LogP contribution in [0.5, 0.6) is 11.5 Å². The summed E-state index contributed by atoms with van der Waals surface area (Å²) >= 11 is 6.19. The minimum atomic E-state index is -0.352. The van der Waals surface area contributed by atoms with Crippen molar-refractivity contribution in [2.45, 2.75) is 32.4 Å². The Labute approximate surface area is 202 Å². The molecule has 1 aliphatic heterocycles. The van der Waals surface area contributed by atoms with Crippen LogP contribution < -0.4 is 30.6 Å². The zero-order valence-electron chi connectivity index (χ0n) is 19.4. The molecule has 2 N–H and O–H groups in total. The van der Waals surface area contributed by atoms with Crippen LogP contribution in [0.2, 0.25) is 5.02 Å². The highest BCUT2D eigenvalue weighted by Gasteiger charge is 2.25. The fourth-order valence-electron chi connectivity index (χ4n) is 4.24. The van der Waals surface area contributed by atoms with E-state index < -0.39 is 0 Å². The molecule has 1 aliphatic rings. The van der Waals surface area contributed by atoms with Crippen LogP contribution in [0.4, 0.5) is 16.3 Å². The maximum atomic E-state index is 13.1. The van der Waals surface area contributed by atoms with E-state index in [0.29, 0.717) is 60.5 Å². The lowest BCUT2D eigenvalue weighted by molar-refractivity contribution is 0.245. The largest absolute Gasteiger partial charge is 0.495 e. The molecule has 2 amide bonds. The van der Waals surface area contributed by atoms with E-state index in [4.69, 9.17) is 21.1 Å². The summed E-state index contributed by atoms with van der Waals surface area (Å²) in [5.74, 6) is 1.36. The number of fused-ring (bicyclic) bond motifs is 1. The predicted octanol–water partition coefficient (Wildman–Crippen LogP) is 3.88. The fraction of sp³-hybridized carbons (Fsp3) is 0.375. The second-order valence-electron chi connectivity index (χ2n) is 8.02. The van der Waals surface area contributed by atoms with E-state index >= 15 is 0 Å². The summed E-state index contributed by atoms with van der Waals surface area (Å²) in [5, 5.41) is 6.16. The molecule has 0 bridgehead atoms. The number of aromatic nitrogens is 2. The van der Waals surface area contributed by atoms with Crippen LogP contribution in [0, 0.1) is 0 Å². The molecule has 1 saturated heterocycles. The summed E-state index contributed by atoms with van der Waals surface area (Å²) in [6, 6.07) is 10.5. The molecule has 0 atom stereocenters. The van der Waals surface area contributed by atoms with Crippen molar-refractivity contribution in [1.82, 2.24) is 14.9 Å². The first-order valence-electron chi connectivity index (χ1n) is 11.2. The number of amides is 2. The maximum absolute atomic E-state index is 13.1. The summed E-state index contributed by atoms with van der Waals surface area (Å²) in [6.45, 7) is 3.77. The Kier molecular flexibility index (Phi) is 7.12. The molecule has 180 valence electrons. The van der Waals surface area contributed by atoms with E-state index in [2.05, 4.69) is 15.6 Å². The molecule has 9 nitrogen and oxygen atoms in total. The number of anilines is 2. The van der Waals surface area contributed by atoms with E-state index in [0.717, 1.165) is 11.0 Å². The third-order valence-electron chi connectivity index (χ3n) is 6.00. The Hall–Kier alpha value is -3.46. The highest BCUT2D eigenvalue weighted by atomic mass is 35.5. The van der Waals surface area contributed by atoms with Crippen LogP contribution in [0.15, 0.2) is 41.2 Å². The molecule has 4 rings (SSSR count). The van der Waals surface area contributed by atoms with Gasteiger partial charge in [0, 0.05) is 31.7 Å². The summed E-state index contributed by atoms with van der Waals surface area (Å²) in [5.41, 5.74) is 1.99.